The SMILES string of the molecule is NCCCC[C@H](N)C(=O)OC(O)[C@@H](O)[C@@H](O)[C@H](O)[C@H](O)CO. The van der Waals surface area contributed by atoms with Crippen molar-refractivity contribution in [2.75, 3.05) is 13.2 Å². The number of carbonyl (C=O) groups is 1. The van der Waals surface area contributed by atoms with Gasteiger partial charge in [-0.15, -0.1) is 0 Å². The molecular weight excluding hydrogens is 300 g/mol. The molecule has 0 radical (unpaired) electrons. The van der Waals surface area contributed by atoms with Crippen molar-refractivity contribution in [3.05, 3.63) is 0 Å². The van der Waals surface area contributed by atoms with E-state index in [1.165, 1.54) is 0 Å². The molecule has 0 aromatic carbocycles. The third-order valence-corrected chi connectivity index (χ3v) is 3.08. The fraction of sp³-hybridized carbons (Fsp3) is 0.917. The third kappa shape index (κ3) is 6.94. The van der Waals surface area contributed by atoms with Crippen LogP contribution in [0.3, 0.4) is 0 Å². The maximum absolute atomic E-state index is 11.6. The van der Waals surface area contributed by atoms with Crippen molar-refractivity contribution in [1.82, 2.24) is 0 Å². The minimum Gasteiger partial charge on any atom is -0.432 e. The van der Waals surface area contributed by atoms with Crippen molar-refractivity contribution >= 4 is 5.97 Å². The molecule has 10 nitrogen and oxygen atoms in total. The van der Waals surface area contributed by atoms with Crippen molar-refractivity contribution < 1.29 is 40.2 Å². The van der Waals surface area contributed by atoms with Gasteiger partial charge in [-0.25, -0.2) is 0 Å². The Morgan fingerprint density at radius 1 is 1.00 bits per heavy atom. The van der Waals surface area contributed by atoms with Crippen LogP contribution in [0.1, 0.15) is 19.3 Å². The summed E-state index contributed by atoms with van der Waals surface area (Å²) in [5, 5.41) is 55.7. The Labute approximate surface area is 127 Å². The lowest BCUT2D eigenvalue weighted by Crippen LogP contribution is -2.51. The first-order valence-corrected chi connectivity index (χ1v) is 6.93. The molecule has 0 aliphatic rings. The van der Waals surface area contributed by atoms with E-state index in [0.29, 0.717) is 19.4 Å². The molecule has 6 atom stereocenters. The minimum atomic E-state index is -2.15. The molecule has 0 rings (SSSR count). The second-order valence-electron chi connectivity index (χ2n) is 4.94. The molecule has 1 unspecified atom stereocenters. The molecule has 0 spiro atoms. The zero-order valence-electron chi connectivity index (χ0n) is 12.2. The number of unbranched alkanes of at least 4 members (excludes halogenated alkanes) is 1. The first-order valence-electron chi connectivity index (χ1n) is 6.93. The number of aliphatic hydroxyl groups is 6. The summed E-state index contributed by atoms with van der Waals surface area (Å²) in [6, 6.07) is -1.03. The maximum atomic E-state index is 11.6. The van der Waals surface area contributed by atoms with Crippen molar-refractivity contribution in [3.63, 3.8) is 0 Å². The van der Waals surface area contributed by atoms with Gasteiger partial charge in [0, 0.05) is 0 Å². The summed E-state index contributed by atoms with van der Waals surface area (Å²) in [6.45, 7) is -0.423. The van der Waals surface area contributed by atoms with Crippen molar-refractivity contribution in [3.8, 4) is 0 Å². The van der Waals surface area contributed by atoms with Crippen LogP contribution in [0.4, 0.5) is 0 Å². The Kier molecular flexibility index (Phi) is 10.4. The molecule has 132 valence electrons. The van der Waals surface area contributed by atoms with Gasteiger partial charge in [-0.05, 0) is 19.4 Å². The minimum absolute atomic E-state index is 0.271. The summed E-state index contributed by atoms with van der Waals surface area (Å²) >= 11 is 0. The fourth-order valence-corrected chi connectivity index (χ4v) is 1.61. The maximum Gasteiger partial charge on any atom is 0.325 e. The number of hydrogen-bond donors (Lipinski definition) is 8. The average Bonchev–Trinajstić information content (AvgIpc) is 2.51. The molecule has 10 heteroatoms. The van der Waals surface area contributed by atoms with E-state index in [0.717, 1.165) is 0 Å². The number of ether oxygens (including phenoxy) is 1. The number of aliphatic hydroxyl groups excluding tert-OH is 6. The fourth-order valence-electron chi connectivity index (χ4n) is 1.61. The lowest BCUT2D eigenvalue weighted by atomic mass is 10.0. The molecule has 0 heterocycles. The number of nitrogens with two attached hydrogens (primary N) is 2. The van der Waals surface area contributed by atoms with Crippen molar-refractivity contribution in [1.29, 1.82) is 0 Å². The van der Waals surface area contributed by atoms with E-state index in [4.69, 9.17) is 21.7 Å². The highest BCUT2D eigenvalue weighted by Crippen LogP contribution is 2.11. The largest absolute Gasteiger partial charge is 0.432 e. The van der Waals surface area contributed by atoms with Gasteiger partial charge in [-0.1, -0.05) is 6.42 Å². The zero-order chi connectivity index (χ0) is 17.3. The van der Waals surface area contributed by atoms with Gasteiger partial charge in [0.1, 0.15) is 30.5 Å². The molecule has 0 aliphatic carbocycles. The molecule has 0 aromatic rings. The predicted octanol–water partition coefficient (Wildman–Crippen LogP) is -4.26. The summed E-state index contributed by atoms with van der Waals surface area (Å²) in [6.07, 6.45) is -8.44. The number of esters is 1. The van der Waals surface area contributed by atoms with Gasteiger partial charge in [-0.3, -0.25) is 4.79 Å². The first-order chi connectivity index (χ1) is 10.3. The lowest BCUT2D eigenvalue weighted by Gasteiger charge is -2.28. The molecule has 0 bridgehead atoms. The predicted molar refractivity (Wildman–Crippen MR) is 74.1 cm³/mol. The summed E-state index contributed by atoms with van der Waals surface area (Å²) in [5.74, 6) is -0.993. The van der Waals surface area contributed by atoms with Gasteiger partial charge in [0.25, 0.3) is 0 Å². The molecule has 0 saturated carbocycles. The van der Waals surface area contributed by atoms with E-state index in [2.05, 4.69) is 4.74 Å². The molecule has 0 aromatic heterocycles. The van der Waals surface area contributed by atoms with E-state index < -0.39 is 49.3 Å². The second kappa shape index (κ2) is 10.8. The lowest BCUT2D eigenvalue weighted by molar-refractivity contribution is -0.214. The Morgan fingerprint density at radius 3 is 2.09 bits per heavy atom. The zero-order valence-corrected chi connectivity index (χ0v) is 12.2. The van der Waals surface area contributed by atoms with Crippen molar-refractivity contribution in [2.24, 2.45) is 11.5 Å². The number of carbonyl (C=O) groups excluding carboxylic acids is 1. The van der Waals surface area contributed by atoms with E-state index in [9.17, 15) is 25.2 Å². The van der Waals surface area contributed by atoms with Gasteiger partial charge < -0.3 is 46.8 Å². The van der Waals surface area contributed by atoms with Crippen LogP contribution in [0, 0.1) is 0 Å². The number of hydrogen-bond acceptors (Lipinski definition) is 10. The summed E-state index contributed by atoms with van der Waals surface area (Å²) in [5.41, 5.74) is 10.8. The smallest absolute Gasteiger partial charge is 0.325 e. The summed E-state index contributed by atoms with van der Waals surface area (Å²) in [7, 11) is 0. The van der Waals surface area contributed by atoms with Crippen molar-refractivity contribution in [2.45, 2.75) is 56.0 Å². The van der Waals surface area contributed by atoms with Crippen LogP contribution in [0.25, 0.3) is 0 Å². The van der Waals surface area contributed by atoms with E-state index >= 15 is 0 Å². The Balaban J connectivity index is 4.38. The van der Waals surface area contributed by atoms with E-state index in [-0.39, 0.29) is 6.42 Å². The highest BCUT2D eigenvalue weighted by molar-refractivity contribution is 5.75. The normalized spacial score (nSPS) is 19.8. The average molecular weight is 326 g/mol. The molecule has 0 aliphatic heterocycles. The van der Waals surface area contributed by atoms with Gasteiger partial charge in [0.15, 0.2) is 0 Å². The van der Waals surface area contributed by atoms with Gasteiger partial charge in [-0.2, -0.15) is 0 Å². The number of rotatable bonds is 11. The van der Waals surface area contributed by atoms with Crippen LogP contribution >= 0.6 is 0 Å². The monoisotopic (exact) mass is 326 g/mol. The van der Waals surface area contributed by atoms with Crippen LogP contribution in [-0.4, -0.2) is 86.5 Å². The topological polar surface area (TPSA) is 200 Å². The van der Waals surface area contributed by atoms with E-state index in [1.54, 1.807) is 0 Å². The first kappa shape index (κ1) is 21.1. The van der Waals surface area contributed by atoms with Gasteiger partial charge >= 0.3 is 5.97 Å². The molecule has 22 heavy (non-hydrogen) atoms. The van der Waals surface area contributed by atoms with Crippen LogP contribution in [0.2, 0.25) is 0 Å². The standard InChI is InChI=1S/C12H26N2O8/c13-4-2-1-3-6(14)11(20)22-12(21)10(19)9(18)8(17)7(16)5-15/h6-10,12,15-19,21H,1-5,13-14H2/t6-,7+,8+,9-,10-,12?/m0/s1. The highest BCUT2D eigenvalue weighted by Gasteiger charge is 2.36. The van der Waals surface area contributed by atoms with Crippen LogP contribution in [-0.2, 0) is 9.53 Å². The Morgan fingerprint density at radius 2 is 1.59 bits per heavy atom. The molecule has 0 fully saturated rings. The van der Waals surface area contributed by atoms with Gasteiger partial charge in [0.05, 0.1) is 6.61 Å². The quantitative estimate of drug-likeness (QED) is 0.104. The second-order valence-corrected chi connectivity index (χ2v) is 4.94. The van der Waals surface area contributed by atoms with E-state index in [1.807, 2.05) is 0 Å². The Bertz CT molecular complexity index is 320. The summed E-state index contributed by atoms with van der Waals surface area (Å²) in [4.78, 5) is 11.6. The Hall–Kier alpha value is -0.850. The molecular formula is C12H26N2O8. The highest BCUT2D eigenvalue weighted by atomic mass is 16.6. The van der Waals surface area contributed by atoms with Crippen LogP contribution in [0.15, 0.2) is 0 Å². The molecule has 0 amide bonds. The summed E-state index contributed by atoms with van der Waals surface area (Å²) < 4.78 is 4.48. The third-order valence-electron chi connectivity index (χ3n) is 3.08. The molecule has 0 saturated heterocycles. The molecule has 10 N–H and O–H groups in total. The van der Waals surface area contributed by atoms with Crippen LogP contribution in [0.5, 0.6) is 0 Å². The van der Waals surface area contributed by atoms with Crippen LogP contribution < -0.4 is 11.5 Å². The van der Waals surface area contributed by atoms with Gasteiger partial charge in [0.2, 0.25) is 6.29 Å².